The lowest BCUT2D eigenvalue weighted by Crippen LogP contribution is -2.41. The Hall–Kier alpha value is -3.20. The molecule has 0 radical (unpaired) electrons. The molecule has 3 saturated heterocycles. The smallest absolute Gasteiger partial charge is 0.278 e. The fourth-order valence-electron chi connectivity index (χ4n) is 5.61. The van der Waals surface area contributed by atoms with Crippen LogP contribution in [-0.4, -0.2) is 99.1 Å². The van der Waals surface area contributed by atoms with E-state index in [2.05, 4.69) is 29.9 Å². The molecule has 0 saturated carbocycles. The van der Waals surface area contributed by atoms with E-state index in [0.717, 1.165) is 9.13 Å². The lowest BCUT2D eigenvalue weighted by atomic mass is 10.1. The van der Waals surface area contributed by atoms with Crippen LogP contribution in [0.25, 0.3) is 22.3 Å². The van der Waals surface area contributed by atoms with Crippen LogP contribution in [0.3, 0.4) is 0 Å². The molecule has 4 aromatic heterocycles. The number of rotatable bonds is 2. The molecule has 28 heteroatoms. The topological polar surface area (TPSA) is 361 Å². The third-order valence-corrected chi connectivity index (χ3v) is 10.1. The van der Waals surface area contributed by atoms with Crippen LogP contribution in [-0.2, 0) is 36.7 Å². The SMILES string of the molecule is Nc1nc2c([nH]c(=S)n2[C@@H]2O[C@@H]3COP(=O)([O-])OC4[C@@H](COP(=O)([O-])OC3[C@@H]2O)O[C@@H](n2c(=S)[nH]c3c(=O)[nH]c(N)nc32)[C@H]4O)c(=O)[nH]1. The van der Waals surface area contributed by atoms with Crippen molar-refractivity contribution in [2.24, 2.45) is 0 Å². The highest BCUT2D eigenvalue weighted by atomic mass is 32.1. The van der Waals surface area contributed by atoms with E-state index >= 15 is 0 Å². The van der Waals surface area contributed by atoms with Gasteiger partial charge >= 0.3 is 0 Å². The van der Waals surface area contributed by atoms with Crippen LogP contribution in [0.5, 0.6) is 0 Å². The van der Waals surface area contributed by atoms with E-state index < -0.39 is 89.1 Å². The summed E-state index contributed by atoms with van der Waals surface area (Å²) in [5, 5.41) is 22.4. The second-order valence-corrected chi connectivity index (χ2v) is 14.1. The minimum atomic E-state index is -5.42. The molecule has 3 fully saturated rings. The van der Waals surface area contributed by atoms with E-state index in [1.807, 2.05) is 0 Å². The van der Waals surface area contributed by atoms with Crippen LogP contribution >= 0.6 is 40.1 Å². The molecule has 10 atom stereocenters. The van der Waals surface area contributed by atoms with Gasteiger partial charge in [0.2, 0.25) is 11.9 Å². The minimum absolute atomic E-state index is 0.160. The summed E-state index contributed by atoms with van der Waals surface area (Å²) in [4.78, 5) is 68.4. The summed E-state index contributed by atoms with van der Waals surface area (Å²) in [5.41, 5.74) is 9.15. The van der Waals surface area contributed by atoms with E-state index in [0.29, 0.717) is 0 Å². The van der Waals surface area contributed by atoms with Gasteiger partial charge in [-0.3, -0.25) is 37.8 Å². The molecule has 0 bridgehead atoms. The number of aliphatic hydroxyl groups is 2. The maximum Gasteiger partial charge on any atom is 0.278 e. The average molecular weight is 753 g/mol. The molecule has 4 aromatic rings. The van der Waals surface area contributed by atoms with Crippen LogP contribution < -0.4 is 32.4 Å². The zero-order valence-corrected chi connectivity index (χ0v) is 26.9. The summed E-state index contributed by atoms with van der Waals surface area (Å²) < 4.78 is 59.4. The number of H-pyrrole nitrogens is 4. The highest BCUT2D eigenvalue weighted by Crippen LogP contribution is 2.51. The minimum Gasteiger partial charge on any atom is -0.756 e. The molecule has 4 unspecified atom stereocenters. The Labute approximate surface area is 273 Å². The number of aromatic amines is 4. The van der Waals surface area contributed by atoms with Crippen LogP contribution in [0.15, 0.2) is 9.59 Å². The third kappa shape index (κ3) is 5.67. The second kappa shape index (κ2) is 11.7. The molecule has 10 N–H and O–H groups in total. The van der Waals surface area contributed by atoms with Crippen LogP contribution in [0.4, 0.5) is 11.9 Å². The number of nitrogen functional groups attached to an aromatic ring is 2. The summed E-state index contributed by atoms with van der Waals surface area (Å²) in [6, 6.07) is 0. The van der Waals surface area contributed by atoms with Crippen molar-refractivity contribution in [2.45, 2.75) is 49.1 Å². The summed E-state index contributed by atoms with van der Waals surface area (Å²) in [6.45, 7) is -2.00. The van der Waals surface area contributed by atoms with Crippen molar-refractivity contribution in [3.63, 3.8) is 0 Å². The number of imidazole rings is 2. The molecule has 7 rings (SSSR count). The molecule has 0 spiro atoms. The molecule has 260 valence electrons. The number of phosphoric ester groups is 2. The van der Waals surface area contributed by atoms with Gasteiger partial charge in [-0.1, -0.05) is 0 Å². The number of hydrogen-bond acceptors (Lipinski definition) is 20. The zero-order chi connectivity index (χ0) is 34.4. The van der Waals surface area contributed by atoms with Gasteiger partial charge in [0.15, 0.2) is 44.3 Å². The number of fused-ring (bicyclic) bond motifs is 4. The number of nitrogens with two attached hydrogens (primary N) is 2. The van der Waals surface area contributed by atoms with Gasteiger partial charge in [-0.25, -0.2) is 0 Å². The Kier molecular flexibility index (Phi) is 8.12. The quantitative estimate of drug-likeness (QED) is 0.0747. The van der Waals surface area contributed by atoms with Crippen molar-refractivity contribution in [3.8, 4) is 0 Å². The number of ether oxygens (including phenoxy) is 2. The number of aliphatic hydroxyl groups excluding tert-OH is 2. The van der Waals surface area contributed by atoms with E-state index in [-0.39, 0.29) is 43.8 Å². The molecule has 0 aromatic carbocycles. The Morgan fingerprint density at radius 1 is 0.750 bits per heavy atom. The molecule has 48 heavy (non-hydrogen) atoms. The zero-order valence-electron chi connectivity index (χ0n) is 23.5. The van der Waals surface area contributed by atoms with Gasteiger partial charge in [0, 0.05) is 0 Å². The number of hydrogen-bond donors (Lipinski definition) is 8. The van der Waals surface area contributed by atoms with Crippen molar-refractivity contribution in [1.29, 1.82) is 0 Å². The number of anilines is 2. The first-order chi connectivity index (χ1) is 22.5. The Bertz CT molecular complexity index is 2130. The van der Waals surface area contributed by atoms with Gasteiger partial charge in [-0.15, -0.1) is 0 Å². The average Bonchev–Trinajstić information content (AvgIpc) is 3.67. The maximum absolute atomic E-state index is 13.1. The summed E-state index contributed by atoms with van der Waals surface area (Å²) in [6.07, 6.45) is -14.1. The molecular formula is C20H22N10O14P2S2-2. The maximum atomic E-state index is 13.1. The molecule has 0 aliphatic carbocycles. The normalized spacial score (nSPS) is 36.1. The Morgan fingerprint density at radius 2 is 1.12 bits per heavy atom. The number of nitrogens with zero attached hydrogens (tertiary/aromatic N) is 4. The van der Waals surface area contributed by atoms with Gasteiger partial charge in [0.1, 0.15) is 36.6 Å². The largest absolute Gasteiger partial charge is 0.756 e. The van der Waals surface area contributed by atoms with E-state index in [1.165, 1.54) is 0 Å². The van der Waals surface area contributed by atoms with Gasteiger partial charge in [0.05, 0.1) is 13.2 Å². The monoisotopic (exact) mass is 752 g/mol. The first kappa shape index (κ1) is 33.3. The van der Waals surface area contributed by atoms with Gasteiger partial charge in [-0.05, 0) is 24.4 Å². The molecule has 7 heterocycles. The summed E-state index contributed by atoms with van der Waals surface area (Å²) in [7, 11) is -10.8. The lowest BCUT2D eigenvalue weighted by Gasteiger charge is -2.34. The van der Waals surface area contributed by atoms with Crippen molar-refractivity contribution >= 4 is 74.3 Å². The molecular weight excluding hydrogens is 730 g/mol. The highest BCUT2D eigenvalue weighted by molar-refractivity contribution is 7.71. The Balaban J connectivity index is 1.20. The predicted molar refractivity (Wildman–Crippen MR) is 157 cm³/mol. The number of phosphoric acid groups is 2. The fourth-order valence-corrected chi connectivity index (χ4v) is 8.10. The summed E-state index contributed by atoms with van der Waals surface area (Å²) in [5.74, 6) is -0.650. The van der Waals surface area contributed by atoms with Crippen LogP contribution in [0.1, 0.15) is 12.5 Å². The predicted octanol–water partition coefficient (Wildman–Crippen LogP) is -2.99. The van der Waals surface area contributed by atoms with Crippen LogP contribution in [0, 0.1) is 9.54 Å². The molecule has 3 aliphatic heterocycles. The third-order valence-electron chi connectivity index (χ3n) is 7.62. The molecule has 0 amide bonds. The fraction of sp³-hybridized carbons (Fsp3) is 0.500. The standard InChI is InChI=1S/C20H24N10O14P2S2/c21-17-25-11-5(13(33)27-17)23-19(47)29(11)15-7(31)9-3(41-15)1-39-45(35,36)44-10-4(2-40-46(37,38)43-9)42-16(8(10)32)30-12-6(24-20(30)48)14(34)28-18(22)26-12/h3-4,7-10,15-16,31-32H,1-2H2,(H,23,47)(H,24,48)(H,35,36)(H,37,38)(H3,21,25,27,33)(H3,22,26,28,34)/p-2/t3-,4-,7+,8+,9?,10?,15-,16-/m1/s1. The number of aromatic nitrogens is 8. The van der Waals surface area contributed by atoms with Crippen LogP contribution in [0.2, 0.25) is 0 Å². The first-order valence-corrected chi connectivity index (χ1v) is 17.2. The lowest BCUT2D eigenvalue weighted by molar-refractivity contribution is -0.244. The van der Waals surface area contributed by atoms with Gasteiger partial charge in [-0.2, -0.15) is 9.97 Å². The van der Waals surface area contributed by atoms with Crippen molar-refractivity contribution in [2.75, 3.05) is 24.7 Å². The van der Waals surface area contributed by atoms with E-state index in [9.17, 15) is 38.7 Å². The first-order valence-electron chi connectivity index (χ1n) is 13.5. The van der Waals surface area contributed by atoms with E-state index in [1.54, 1.807) is 0 Å². The Morgan fingerprint density at radius 3 is 1.50 bits per heavy atom. The van der Waals surface area contributed by atoms with Gasteiger partial charge in [0.25, 0.3) is 26.8 Å². The van der Waals surface area contributed by atoms with Crippen molar-refractivity contribution < 1.29 is 56.7 Å². The van der Waals surface area contributed by atoms with Gasteiger partial charge < -0.3 is 69.0 Å². The second-order valence-electron chi connectivity index (χ2n) is 10.6. The van der Waals surface area contributed by atoms with Crippen molar-refractivity contribution in [1.82, 2.24) is 39.0 Å². The van der Waals surface area contributed by atoms with Crippen molar-refractivity contribution in [3.05, 3.63) is 30.2 Å². The number of nitrogens with one attached hydrogen (secondary N) is 4. The molecule has 3 aliphatic rings. The highest BCUT2D eigenvalue weighted by Gasteiger charge is 2.52. The summed E-state index contributed by atoms with van der Waals surface area (Å²) >= 11 is 10.5. The van der Waals surface area contributed by atoms with E-state index in [4.69, 9.17) is 63.5 Å². The molecule has 24 nitrogen and oxygen atoms in total.